The van der Waals surface area contributed by atoms with E-state index in [1.54, 1.807) is 6.07 Å². The number of nitrogens with one attached hydrogen (secondary N) is 1. The van der Waals surface area contributed by atoms with E-state index in [1.807, 2.05) is 11.8 Å². The van der Waals surface area contributed by atoms with Gasteiger partial charge in [0.1, 0.15) is 0 Å². The molecule has 2 aromatic carbocycles. The lowest BCUT2D eigenvalue weighted by Gasteiger charge is -2.26. The van der Waals surface area contributed by atoms with Crippen LogP contribution in [0.5, 0.6) is 0 Å². The molecule has 0 unspecified atom stereocenters. The van der Waals surface area contributed by atoms with E-state index in [-0.39, 0.29) is 5.56 Å². The molecule has 2 N–H and O–H groups in total. The van der Waals surface area contributed by atoms with Crippen molar-refractivity contribution in [3.8, 4) is 0 Å². The second-order valence-electron chi connectivity index (χ2n) is 6.67. The van der Waals surface area contributed by atoms with Gasteiger partial charge in [-0.25, -0.2) is 4.79 Å². The van der Waals surface area contributed by atoms with Gasteiger partial charge < -0.3 is 19.5 Å². The second-order valence-corrected chi connectivity index (χ2v) is 7.52. The van der Waals surface area contributed by atoms with Crippen LogP contribution in [0.25, 0.3) is 0 Å². The molecule has 0 aromatic heterocycles. The molecule has 0 bridgehead atoms. The fraction of sp³-hybridized carbons (Fsp3) is 0.350. The first-order chi connectivity index (χ1) is 13.8. The topological polar surface area (TPSA) is 61.8 Å². The molecule has 1 heterocycles. The van der Waals surface area contributed by atoms with Gasteiger partial charge in [0, 0.05) is 24.6 Å². The number of aromatic carboxylic acids is 1. The van der Waals surface area contributed by atoms with E-state index in [2.05, 4.69) is 4.72 Å². The van der Waals surface area contributed by atoms with E-state index >= 15 is 0 Å². The molecule has 2 aromatic rings. The van der Waals surface area contributed by atoms with Crippen LogP contribution < -0.4 is 9.62 Å². The number of nitrogens with zero attached hydrogens (tertiary/aromatic N) is 1. The van der Waals surface area contributed by atoms with E-state index in [1.165, 1.54) is 18.2 Å². The van der Waals surface area contributed by atoms with Crippen LogP contribution >= 0.6 is 11.9 Å². The van der Waals surface area contributed by atoms with Crippen LogP contribution in [0.2, 0.25) is 0 Å². The Kier molecular flexibility index (Phi) is 6.59. The van der Waals surface area contributed by atoms with Crippen molar-refractivity contribution in [1.82, 2.24) is 0 Å². The van der Waals surface area contributed by atoms with Crippen LogP contribution in [0.4, 0.5) is 24.5 Å². The highest BCUT2D eigenvalue weighted by atomic mass is 32.2. The van der Waals surface area contributed by atoms with Crippen molar-refractivity contribution in [3.63, 3.8) is 0 Å². The summed E-state index contributed by atoms with van der Waals surface area (Å²) in [6.45, 7) is 4.20. The van der Waals surface area contributed by atoms with Gasteiger partial charge in [-0.1, -0.05) is 6.07 Å². The van der Waals surface area contributed by atoms with E-state index in [0.29, 0.717) is 42.6 Å². The number of benzene rings is 2. The molecule has 9 heteroatoms. The van der Waals surface area contributed by atoms with E-state index in [9.17, 15) is 23.1 Å². The van der Waals surface area contributed by atoms with Crippen LogP contribution in [-0.4, -0.2) is 37.4 Å². The summed E-state index contributed by atoms with van der Waals surface area (Å²) in [5.41, 5.74) is 1.18. The zero-order valence-corrected chi connectivity index (χ0v) is 16.6. The fourth-order valence-electron chi connectivity index (χ4n) is 3.01. The Hall–Kier alpha value is -2.39. The first-order valence-corrected chi connectivity index (χ1v) is 9.88. The summed E-state index contributed by atoms with van der Waals surface area (Å²) in [6, 6.07) is 8.30. The predicted molar refractivity (Wildman–Crippen MR) is 107 cm³/mol. The van der Waals surface area contributed by atoms with Crippen LogP contribution in [-0.2, 0) is 10.9 Å². The molecule has 0 amide bonds. The Morgan fingerprint density at radius 2 is 1.97 bits per heavy atom. The molecule has 0 spiro atoms. The SMILES string of the molecule is Cc1ccc(C(=O)O)cc1SNc1cc(C(F)(F)F)ccc1N1CCCOCC1. The Bertz CT molecular complexity index is 882. The van der Waals surface area contributed by atoms with Gasteiger partial charge in [0.2, 0.25) is 0 Å². The fourth-order valence-corrected chi connectivity index (χ4v) is 3.81. The lowest BCUT2D eigenvalue weighted by atomic mass is 10.1. The summed E-state index contributed by atoms with van der Waals surface area (Å²) in [7, 11) is 0. The Labute approximate surface area is 171 Å². The highest BCUT2D eigenvalue weighted by Crippen LogP contribution is 2.38. The minimum atomic E-state index is -4.46. The lowest BCUT2D eigenvalue weighted by molar-refractivity contribution is -0.137. The number of rotatable bonds is 5. The van der Waals surface area contributed by atoms with Crippen LogP contribution in [0.3, 0.4) is 0 Å². The molecule has 1 fully saturated rings. The maximum Gasteiger partial charge on any atom is 0.416 e. The zero-order valence-electron chi connectivity index (χ0n) is 15.8. The molecule has 5 nitrogen and oxygen atoms in total. The summed E-state index contributed by atoms with van der Waals surface area (Å²) in [6.07, 6.45) is -3.67. The maximum atomic E-state index is 13.2. The van der Waals surface area contributed by atoms with Gasteiger partial charge in [-0.05, 0) is 61.2 Å². The highest BCUT2D eigenvalue weighted by molar-refractivity contribution is 8.00. The molecule has 0 aliphatic carbocycles. The molecule has 0 saturated carbocycles. The van der Waals surface area contributed by atoms with Crippen LogP contribution in [0.1, 0.15) is 27.9 Å². The van der Waals surface area contributed by atoms with Gasteiger partial charge in [-0.15, -0.1) is 0 Å². The summed E-state index contributed by atoms with van der Waals surface area (Å²) < 4.78 is 48.2. The molecule has 1 saturated heterocycles. The molecule has 1 aliphatic rings. The zero-order chi connectivity index (χ0) is 21.0. The summed E-state index contributed by atoms with van der Waals surface area (Å²) >= 11 is 1.10. The third kappa shape index (κ3) is 5.36. The number of aryl methyl sites for hydroxylation is 1. The Balaban J connectivity index is 1.91. The van der Waals surface area contributed by atoms with Crippen LogP contribution in [0, 0.1) is 6.92 Å². The molecule has 3 rings (SSSR count). The van der Waals surface area contributed by atoms with Crippen molar-refractivity contribution in [2.45, 2.75) is 24.4 Å². The number of hydrogen-bond acceptors (Lipinski definition) is 5. The number of ether oxygens (including phenoxy) is 1. The van der Waals surface area contributed by atoms with Crippen molar-refractivity contribution < 1.29 is 27.8 Å². The second kappa shape index (κ2) is 8.96. The van der Waals surface area contributed by atoms with Crippen molar-refractivity contribution in [1.29, 1.82) is 0 Å². The Morgan fingerprint density at radius 1 is 1.17 bits per heavy atom. The third-order valence-corrected chi connectivity index (χ3v) is 5.57. The molecule has 0 radical (unpaired) electrons. The minimum absolute atomic E-state index is 0.119. The molecule has 156 valence electrons. The third-order valence-electron chi connectivity index (χ3n) is 4.59. The van der Waals surface area contributed by atoms with Gasteiger partial charge in [-0.3, -0.25) is 0 Å². The number of alkyl halides is 3. The first kappa shape index (κ1) is 21.3. The predicted octanol–water partition coefficient (Wildman–Crippen LogP) is 5.06. The standard InChI is InChI=1S/C20H21F3N2O3S/c1-13-3-4-14(19(26)27)11-18(13)29-24-16-12-15(20(21,22)23)5-6-17(16)25-7-2-9-28-10-8-25/h3-6,11-12,24H,2,7-10H2,1H3,(H,26,27). The number of carbonyl (C=O) groups is 1. The molecular formula is C20H21F3N2O3S. The van der Waals surface area contributed by atoms with Crippen molar-refractivity contribution in [2.75, 3.05) is 35.9 Å². The van der Waals surface area contributed by atoms with E-state index in [4.69, 9.17) is 4.74 Å². The normalized spacial score (nSPS) is 15.1. The van der Waals surface area contributed by atoms with Crippen molar-refractivity contribution in [2.24, 2.45) is 0 Å². The van der Waals surface area contributed by atoms with Crippen molar-refractivity contribution in [3.05, 3.63) is 53.1 Å². The summed E-state index contributed by atoms with van der Waals surface area (Å²) in [5.74, 6) is -1.06. The minimum Gasteiger partial charge on any atom is -0.478 e. The van der Waals surface area contributed by atoms with Gasteiger partial charge in [0.15, 0.2) is 0 Å². The molecular weight excluding hydrogens is 405 g/mol. The monoisotopic (exact) mass is 426 g/mol. The summed E-state index contributed by atoms with van der Waals surface area (Å²) in [4.78, 5) is 13.8. The highest BCUT2D eigenvalue weighted by Gasteiger charge is 2.31. The number of hydrogen-bond donors (Lipinski definition) is 2. The molecule has 29 heavy (non-hydrogen) atoms. The Morgan fingerprint density at radius 3 is 2.69 bits per heavy atom. The largest absolute Gasteiger partial charge is 0.478 e. The van der Waals surface area contributed by atoms with E-state index in [0.717, 1.165) is 36.1 Å². The number of carboxylic acids is 1. The van der Waals surface area contributed by atoms with Gasteiger partial charge in [0.25, 0.3) is 0 Å². The smallest absolute Gasteiger partial charge is 0.416 e. The molecule has 1 aliphatic heterocycles. The molecule has 0 atom stereocenters. The van der Waals surface area contributed by atoms with Gasteiger partial charge in [0.05, 0.1) is 29.1 Å². The first-order valence-electron chi connectivity index (χ1n) is 9.06. The lowest BCUT2D eigenvalue weighted by Crippen LogP contribution is -2.26. The quantitative estimate of drug-likeness (QED) is 0.652. The maximum absolute atomic E-state index is 13.2. The van der Waals surface area contributed by atoms with Gasteiger partial charge >= 0.3 is 12.1 Å². The summed E-state index contributed by atoms with van der Waals surface area (Å²) in [5, 5.41) is 9.18. The van der Waals surface area contributed by atoms with Gasteiger partial charge in [-0.2, -0.15) is 13.2 Å². The van der Waals surface area contributed by atoms with Crippen LogP contribution in [0.15, 0.2) is 41.3 Å². The van der Waals surface area contributed by atoms with E-state index < -0.39 is 17.7 Å². The van der Waals surface area contributed by atoms with Crippen molar-refractivity contribution >= 4 is 29.3 Å². The number of anilines is 2. The number of halogens is 3. The average molecular weight is 426 g/mol. The number of carboxylic acid groups (broad SMARTS) is 1. The average Bonchev–Trinajstić information content (AvgIpc) is 2.95.